The van der Waals surface area contributed by atoms with E-state index >= 15 is 0 Å². The topological polar surface area (TPSA) is 58.4 Å². The molecule has 1 aliphatic carbocycles. The minimum atomic E-state index is -0.556. The molecule has 3 N–H and O–H groups in total. The lowest BCUT2D eigenvalue weighted by Crippen LogP contribution is -2.60. The lowest BCUT2D eigenvalue weighted by molar-refractivity contribution is -0.130. The zero-order chi connectivity index (χ0) is 11.6. The Balaban J connectivity index is 1.73. The normalized spacial score (nSPS) is 26.1. The Kier molecular flexibility index (Phi) is 3.50. The number of amides is 1. The molecule has 92 valence electrons. The summed E-state index contributed by atoms with van der Waals surface area (Å²) >= 11 is 0. The second kappa shape index (κ2) is 4.72. The summed E-state index contributed by atoms with van der Waals surface area (Å²) in [6, 6.07) is 0.214. The third-order valence-corrected chi connectivity index (χ3v) is 3.81. The van der Waals surface area contributed by atoms with Gasteiger partial charge in [-0.05, 0) is 52.1 Å². The lowest BCUT2D eigenvalue weighted by atomic mass is 9.77. The van der Waals surface area contributed by atoms with Crippen LogP contribution in [0.3, 0.4) is 0 Å². The largest absolute Gasteiger partial charge is 0.351 e. The molecule has 16 heavy (non-hydrogen) atoms. The fourth-order valence-electron chi connectivity index (χ4n) is 2.55. The SMILES string of the molecule is CC(CN1CCCC1)NC(=O)C1(N)CCC1. The van der Waals surface area contributed by atoms with Crippen molar-refractivity contribution in [2.24, 2.45) is 5.73 Å². The van der Waals surface area contributed by atoms with E-state index < -0.39 is 5.54 Å². The van der Waals surface area contributed by atoms with E-state index in [9.17, 15) is 4.79 Å². The Bertz CT molecular complexity index is 257. The third-order valence-electron chi connectivity index (χ3n) is 3.81. The van der Waals surface area contributed by atoms with Gasteiger partial charge in [0.15, 0.2) is 0 Å². The van der Waals surface area contributed by atoms with Crippen molar-refractivity contribution in [2.45, 2.75) is 50.6 Å². The maximum atomic E-state index is 11.9. The Morgan fingerprint density at radius 2 is 2.00 bits per heavy atom. The summed E-state index contributed by atoms with van der Waals surface area (Å²) in [5.74, 6) is 0.0467. The van der Waals surface area contributed by atoms with Gasteiger partial charge >= 0.3 is 0 Å². The number of nitrogens with zero attached hydrogens (tertiary/aromatic N) is 1. The van der Waals surface area contributed by atoms with Crippen LogP contribution < -0.4 is 11.1 Å². The molecule has 2 aliphatic rings. The summed E-state index contributed by atoms with van der Waals surface area (Å²) in [6.45, 7) is 5.38. The monoisotopic (exact) mass is 225 g/mol. The van der Waals surface area contributed by atoms with E-state index in [2.05, 4.69) is 17.1 Å². The molecule has 4 heteroatoms. The highest BCUT2D eigenvalue weighted by molar-refractivity contribution is 5.87. The molecular weight excluding hydrogens is 202 g/mol. The molecule has 1 heterocycles. The van der Waals surface area contributed by atoms with Gasteiger partial charge in [-0.1, -0.05) is 0 Å². The number of carbonyl (C=O) groups is 1. The summed E-state index contributed by atoms with van der Waals surface area (Å²) in [4.78, 5) is 14.3. The van der Waals surface area contributed by atoms with Crippen LogP contribution in [0.1, 0.15) is 39.0 Å². The number of nitrogens with one attached hydrogen (secondary N) is 1. The molecule has 0 aromatic heterocycles. The maximum Gasteiger partial charge on any atom is 0.240 e. The van der Waals surface area contributed by atoms with E-state index in [1.54, 1.807) is 0 Å². The van der Waals surface area contributed by atoms with Crippen molar-refractivity contribution < 1.29 is 4.79 Å². The molecule has 1 atom stereocenters. The molecule has 0 radical (unpaired) electrons. The molecule has 1 aliphatic heterocycles. The van der Waals surface area contributed by atoms with Crippen LogP contribution in [-0.2, 0) is 4.79 Å². The van der Waals surface area contributed by atoms with Gasteiger partial charge in [-0.15, -0.1) is 0 Å². The quantitative estimate of drug-likeness (QED) is 0.731. The van der Waals surface area contributed by atoms with E-state index in [4.69, 9.17) is 5.73 Å². The Morgan fingerprint density at radius 1 is 1.38 bits per heavy atom. The van der Waals surface area contributed by atoms with Gasteiger partial charge in [0, 0.05) is 12.6 Å². The van der Waals surface area contributed by atoms with Gasteiger partial charge in [0.05, 0.1) is 5.54 Å². The van der Waals surface area contributed by atoms with Gasteiger partial charge in [0.2, 0.25) is 5.91 Å². The minimum absolute atomic E-state index is 0.0467. The minimum Gasteiger partial charge on any atom is -0.351 e. The van der Waals surface area contributed by atoms with Crippen molar-refractivity contribution in [3.63, 3.8) is 0 Å². The predicted molar refractivity (Wildman–Crippen MR) is 64.0 cm³/mol. The van der Waals surface area contributed by atoms with Crippen molar-refractivity contribution in [3.05, 3.63) is 0 Å². The number of hydrogen-bond acceptors (Lipinski definition) is 3. The van der Waals surface area contributed by atoms with Crippen LogP contribution in [0.5, 0.6) is 0 Å². The highest BCUT2D eigenvalue weighted by Crippen LogP contribution is 2.29. The van der Waals surface area contributed by atoms with Crippen LogP contribution in [0.2, 0.25) is 0 Å². The summed E-state index contributed by atoms with van der Waals surface area (Å²) in [6.07, 6.45) is 5.36. The van der Waals surface area contributed by atoms with Crippen molar-refractivity contribution in [1.82, 2.24) is 10.2 Å². The van der Waals surface area contributed by atoms with E-state index in [0.717, 1.165) is 25.8 Å². The van der Waals surface area contributed by atoms with E-state index in [1.165, 1.54) is 25.9 Å². The molecule has 2 rings (SSSR count). The summed E-state index contributed by atoms with van der Waals surface area (Å²) < 4.78 is 0. The Hall–Kier alpha value is -0.610. The van der Waals surface area contributed by atoms with Crippen molar-refractivity contribution in [3.8, 4) is 0 Å². The molecule has 4 nitrogen and oxygen atoms in total. The van der Waals surface area contributed by atoms with Gasteiger partial charge in [-0.3, -0.25) is 4.79 Å². The van der Waals surface area contributed by atoms with Gasteiger partial charge in [0.25, 0.3) is 0 Å². The van der Waals surface area contributed by atoms with Crippen LogP contribution >= 0.6 is 0 Å². The molecule has 1 saturated carbocycles. The number of carbonyl (C=O) groups excluding carboxylic acids is 1. The summed E-state index contributed by atoms with van der Waals surface area (Å²) in [7, 11) is 0. The number of likely N-dealkylation sites (tertiary alicyclic amines) is 1. The standard InChI is InChI=1S/C12H23N3O/c1-10(9-15-7-2-3-8-15)14-11(16)12(13)5-4-6-12/h10H,2-9,13H2,1H3,(H,14,16). The van der Waals surface area contributed by atoms with E-state index in [1.807, 2.05) is 0 Å². The molecule has 0 aromatic rings. The van der Waals surface area contributed by atoms with Gasteiger partial charge < -0.3 is 16.0 Å². The summed E-state index contributed by atoms with van der Waals surface area (Å²) in [5, 5.41) is 3.04. The first-order valence-corrected chi connectivity index (χ1v) is 6.42. The maximum absolute atomic E-state index is 11.9. The predicted octanol–water partition coefficient (Wildman–Crippen LogP) is 0.468. The van der Waals surface area contributed by atoms with Crippen LogP contribution in [0.25, 0.3) is 0 Å². The fraction of sp³-hybridized carbons (Fsp3) is 0.917. The molecular formula is C12H23N3O. The average Bonchev–Trinajstić information content (AvgIpc) is 2.66. The molecule has 1 unspecified atom stereocenters. The molecule has 2 fully saturated rings. The smallest absolute Gasteiger partial charge is 0.240 e. The second-order valence-electron chi connectivity index (χ2n) is 5.39. The molecule has 0 spiro atoms. The van der Waals surface area contributed by atoms with Gasteiger partial charge in [0.1, 0.15) is 0 Å². The first-order chi connectivity index (χ1) is 7.60. The number of hydrogen-bond donors (Lipinski definition) is 2. The van der Waals surface area contributed by atoms with Crippen molar-refractivity contribution >= 4 is 5.91 Å². The number of rotatable bonds is 4. The van der Waals surface area contributed by atoms with Crippen molar-refractivity contribution in [2.75, 3.05) is 19.6 Å². The first kappa shape index (κ1) is 11.9. The highest BCUT2D eigenvalue weighted by atomic mass is 16.2. The molecule has 1 saturated heterocycles. The Morgan fingerprint density at radius 3 is 2.50 bits per heavy atom. The van der Waals surface area contributed by atoms with E-state index in [-0.39, 0.29) is 11.9 Å². The van der Waals surface area contributed by atoms with Crippen LogP contribution in [0, 0.1) is 0 Å². The molecule has 0 bridgehead atoms. The van der Waals surface area contributed by atoms with Crippen LogP contribution in [0.15, 0.2) is 0 Å². The van der Waals surface area contributed by atoms with Crippen molar-refractivity contribution in [1.29, 1.82) is 0 Å². The molecule has 0 aromatic carbocycles. The second-order valence-corrected chi connectivity index (χ2v) is 5.39. The lowest BCUT2D eigenvalue weighted by Gasteiger charge is -2.37. The van der Waals surface area contributed by atoms with Crippen LogP contribution in [0.4, 0.5) is 0 Å². The highest BCUT2D eigenvalue weighted by Gasteiger charge is 2.40. The average molecular weight is 225 g/mol. The van der Waals surface area contributed by atoms with Gasteiger partial charge in [-0.2, -0.15) is 0 Å². The Labute approximate surface area is 97.6 Å². The first-order valence-electron chi connectivity index (χ1n) is 6.42. The van der Waals surface area contributed by atoms with Gasteiger partial charge in [-0.25, -0.2) is 0 Å². The number of nitrogens with two attached hydrogens (primary N) is 1. The molecule has 1 amide bonds. The van der Waals surface area contributed by atoms with E-state index in [0.29, 0.717) is 0 Å². The zero-order valence-corrected chi connectivity index (χ0v) is 10.2. The van der Waals surface area contributed by atoms with Crippen LogP contribution in [-0.4, -0.2) is 42.0 Å². The third kappa shape index (κ3) is 2.55. The zero-order valence-electron chi connectivity index (χ0n) is 10.2. The summed E-state index contributed by atoms with van der Waals surface area (Å²) in [5.41, 5.74) is 5.42. The fourth-order valence-corrected chi connectivity index (χ4v) is 2.55.